The number of carbonyl (C=O) groups excluding carboxylic acids is 1. The van der Waals surface area contributed by atoms with Crippen LogP contribution in [-0.2, 0) is 11.3 Å². The molecule has 0 aliphatic heterocycles. The van der Waals surface area contributed by atoms with Crippen LogP contribution in [0, 0.1) is 5.82 Å². The van der Waals surface area contributed by atoms with Crippen molar-refractivity contribution in [3.05, 3.63) is 35.6 Å². The fraction of sp³-hybridized carbons (Fsp3) is 0.273. The van der Waals surface area contributed by atoms with Gasteiger partial charge in [0.2, 0.25) is 0 Å². The number of rotatable bonds is 5. The van der Waals surface area contributed by atoms with Crippen LogP contribution in [0.2, 0.25) is 0 Å². The van der Waals surface area contributed by atoms with E-state index in [2.05, 4.69) is 10.7 Å². The molecule has 0 aliphatic carbocycles. The first-order chi connectivity index (χ1) is 8.47. The SMILES string of the molecule is CN(CC(=O)O)NC(=O)NCc1ccc(F)cc1. The summed E-state index contributed by atoms with van der Waals surface area (Å²) >= 11 is 0. The number of nitrogens with zero attached hydrogens (tertiary/aromatic N) is 1. The molecule has 0 saturated carbocycles. The number of benzene rings is 1. The van der Waals surface area contributed by atoms with Gasteiger partial charge in [-0.25, -0.2) is 14.2 Å². The number of carboxylic acids is 1. The summed E-state index contributed by atoms with van der Waals surface area (Å²) in [5.41, 5.74) is 3.06. The van der Waals surface area contributed by atoms with Gasteiger partial charge in [-0.05, 0) is 17.7 Å². The number of hydrogen-bond donors (Lipinski definition) is 3. The molecular weight excluding hydrogens is 241 g/mol. The Bertz CT molecular complexity index is 422. The van der Waals surface area contributed by atoms with E-state index in [1.165, 1.54) is 19.2 Å². The Kier molecular flexibility index (Phi) is 5.06. The molecule has 1 aromatic carbocycles. The summed E-state index contributed by atoms with van der Waals surface area (Å²) in [6.07, 6.45) is 0. The number of carbonyl (C=O) groups is 2. The van der Waals surface area contributed by atoms with Crippen molar-refractivity contribution in [1.82, 2.24) is 15.8 Å². The zero-order chi connectivity index (χ0) is 13.5. The summed E-state index contributed by atoms with van der Waals surface area (Å²) in [6.45, 7) is -0.0724. The third kappa shape index (κ3) is 5.26. The zero-order valence-corrected chi connectivity index (χ0v) is 9.81. The summed E-state index contributed by atoms with van der Waals surface area (Å²) < 4.78 is 12.6. The van der Waals surface area contributed by atoms with E-state index in [-0.39, 0.29) is 18.9 Å². The molecule has 7 heteroatoms. The van der Waals surface area contributed by atoms with Gasteiger partial charge in [0.25, 0.3) is 0 Å². The molecule has 98 valence electrons. The van der Waals surface area contributed by atoms with Crippen LogP contribution in [0.3, 0.4) is 0 Å². The van der Waals surface area contributed by atoms with Crippen molar-refractivity contribution in [2.24, 2.45) is 0 Å². The van der Waals surface area contributed by atoms with Crippen molar-refractivity contribution < 1.29 is 19.1 Å². The van der Waals surface area contributed by atoms with E-state index in [1.807, 2.05) is 0 Å². The predicted octanol–water partition coefficient (Wildman–Crippen LogP) is 0.556. The van der Waals surface area contributed by atoms with Gasteiger partial charge in [-0.1, -0.05) is 12.1 Å². The lowest BCUT2D eigenvalue weighted by Gasteiger charge is -2.16. The largest absolute Gasteiger partial charge is 0.480 e. The highest BCUT2D eigenvalue weighted by Crippen LogP contribution is 2.01. The van der Waals surface area contributed by atoms with Crippen LogP contribution in [0.25, 0.3) is 0 Å². The summed E-state index contributed by atoms with van der Waals surface area (Å²) in [6, 6.07) is 5.17. The van der Waals surface area contributed by atoms with E-state index >= 15 is 0 Å². The number of hydrazine groups is 1. The van der Waals surface area contributed by atoms with Crippen molar-refractivity contribution in [1.29, 1.82) is 0 Å². The molecule has 2 amide bonds. The van der Waals surface area contributed by atoms with Crippen LogP contribution >= 0.6 is 0 Å². The van der Waals surface area contributed by atoms with E-state index in [1.54, 1.807) is 12.1 Å². The standard InChI is InChI=1S/C11H14FN3O3/c1-15(7-10(16)17)14-11(18)13-6-8-2-4-9(12)5-3-8/h2-5H,6-7H2,1H3,(H,16,17)(H2,13,14,18). The topological polar surface area (TPSA) is 81.7 Å². The Balaban J connectivity index is 2.32. The van der Waals surface area contributed by atoms with Crippen molar-refractivity contribution in [3.63, 3.8) is 0 Å². The molecule has 18 heavy (non-hydrogen) atoms. The Morgan fingerprint density at radius 1 is 1.33 bits per heavy atom. The molecule has 0 radical (unpaired) electrons. The first-order valence-corrected chi connectivity index (χ1v) is 5.19. The van der Waals surface area contributed by atoms with Crippen molar-refractivity contribution in [2.75, 3.05) is 13.6 Å². The molecular formula is C11H14FN3O3. The molecule has 0 unspecified atom stereocenters. The number of hydrogen-bond acceptors (Lipinski definition) is 3. The fourth-order valence-corrected chi connectivity index (χ4v) is 1.24. The predicted molar refractivity (Wildman–Crippen MR) is 62.0 cm³/mol. The molecule has 0 bridgehead atoms. The quantitative estimate of drug-likeness (QED) is 0.671. The normalized spacial score (nSPS) is 10.2. The molecule has 3 N–H and O–H groups in total. The Morgan fingerprint density at radius 3 is 2.50 bits per heavy atom. The van der Waals surface area contributed by atoms with E-state index in [9.17, 15) is 14.0 Å². The Morgan fingerprint density at radius 2 is 1.94 bits per heavy atom. The summed E-state index contributed by atoms with van der Waals surface area (Å²) in [4.78, 5) is 21.7. The second-order valence-corrected chi connectivity index (χ2v) is 3.67. The maximum atomic E-state index is 12.6. The minimum absolute atomic E-state index is 0.229. The molecule has 0 saturated heterocycles. The average Bonchev–Trinajstić information content (AvgIpc) is 2.27. The second kappa shape index (κ2) is 6.55. The number of nitrogens with one attached hydrogen (secondary N) is 2. The number of amides is 2. The van der Waals surface area contributed by atoms with E-state index in [4.69, 9.17) is 5.11 Å². The molecule has 0 heterocycles. The van der Waals surface area contributed by atoms with Crippen molar-refractivity contribution >= 4 is 12.0 Å². The molecule has 1 aromatic rings. The highest BCUT2D eigenvalue weighted by molar-refractivity contribution is 5.74. The molecule has 0 aliphatic rings. The van der Waals surface area contributed by atoms with Gasteiger partial charge in [-0.2, -0.15) is 0 Å². The van der Waals surface area contributed by atoms with Gasteiger partial charge in [-0.3, -0.25) is 10.2 Å². The van der Waals surface area contributed by atoms with Crippen LogP contribution in [0.4, 0.5) is 9.18 Å². The van der Waals surface area contributed by atoms with E-state index in [0.717, 1.165) is 10.6 Å². The maximum Gasteiger partial charge on any atom is 0.329 e. The molecule has 0 atom stereocenters. The van der Waals surface area contributed by atoms with Gasteiger partial charge < -0.3 is 10.4 Å². The van der Waals surface area contributed by atoms with Crippen LogP contribution in [0.5, 0.6) is 0 Å². The summed E-state index contributed by atoms with van der Waals surface area (Å²) in [5.74, 6) is -1.39. The first-order valence-electron chi connectivity index (χ1n) is 5.19. The third-order valence-corrected chi connectivity index (χ3v) is 2.03. The smallest absolute Gasteiger partial charge is 0.329 e. The van der Waals surface area contributed by atoms with Crippen molar-refractivity contribution in [3.8, 4) is 0 Å². The molecule has 0 aromatic heterocycles. The number of aliphatic carboxylic acids is 1. The minimum atomic E-state index is -1.05. The third-order valence-electron chi connectivity index (χ3n) is 2.03. The van der Waals surface area contributed by atoms with Crippen LogP contribution in [0.15, 0.2) is 24.3 Å². The van der Waals surface area contributed by atoms with E-state index < -0.39 is 12.0 Å². The van der Waals surface area contributed by atoms with Gasteiger partial charge in [0, 0.05) is 13.6 Å². The minimum Gasteiger partial charge on any atom is -0.480 e. The van der Waals surface area contributed by atoms with Gasteiger partial charge in [0.1, 0.15) is 12.4 Å². The van der Waals surface area contributed by atoms with E-state index in [0.29, 0.717) is 0 Å². The maximum absolute atomic E-state index is 12.6. The number of likely N-dealkylation sites (N-methyl/N-ethyl adjacent to an activating group) is 1. The lowest BCUT2D eigenvalue weighted by molar-refractivity contribution is -0.138. The van der Waals surface area contributed by atoms with Crippen LogP contribution < -0.4 is 10.7 Å². The lowest BCUT2D eigenvalue weighted by Crippen LogP contribution is -2.46. The van der Waals surface area contributed by atoms with Crippen molar-refractivity contribution in [2.45, 2.75) is 6.54 Å². The van der Waals surface area contributed by atoms with Gasteiger partial charge >= 0.3 is 12.0 Å². The highest BCUT2D eigenvalue weighted by atomic mass is 19.1. The molecule has 1 rings (SSSR count). The molecule has 0 fully saturated rings. The second-order valence-electron chi connectivity index (χ2n) is 3.67. The lowest BCUT2D eigenvalue weighted by atomic mass is 10.2. The summed E-state index contributed by atoms with van der Waals surface area (Å²) in [7, 11) is 1.44. The summed E-state index contributed by atoms with van der Waals surface area (Å²) in [5, 5.41) is 12.1. The zero-order valence-electron chi connectivity index (χ0n) is 9.81. The van der Waals surface area contributed by atoms with Crippen LogP contribution in [0.1, 0.15) is 5.56 Å². The Labute approximate surface area is 103 Å². The molecule has 6 nitrogen and oxygen atoms in total. The number of urea groups is 1. The Hall–Kier alpha value is -2.15. The van der Waals surface area contributed by atoms with Gasteiger partial charge in [0.05, 0.1) is 0 Å². The van der Waals surface area contributed by atoms with Gasteiger partial charge in [-0.15, -0.1) is 0 Å². The van der Waals surface area contributed by atoms with Gasteiger partial charge in [0.15, 0.2) is 0 Å². The average molecular weight is 255 g/mol. The monoisotopic (exact) mass is 255 g/mol. The number of carboxylic acid groups (broad SMARTS) is 1. The highest BCUT2D eigenvalue weighted by Gasteiger charge is 2.07. The fourth-order valence-electron chi connectivity index (χ4n) is 1.24. The first kappa shape index (κ1) is 13.9. The number of halogens is 1. The van der Waals surface area contributed by atoms with Crippen LogP contribution in [-0.4, -0.2) is 35.7 Å². The molecule has 0 spiro atoms.